The molecule has 2 amide bonds. The number of anilines is 1. The number of aromatic nitrogens is 1. The fraction of sp³-hybridized carbons (Fsp3) is 0.364. The van der Waals surface area contributed by atoms with Crippen LogP contribution in [0.15, 0.2) is 6.20 Å². The summed E-state index contributed by atoms with van der Waals surface area (Å²) in [6.45, 7) is -0.215. The molecule has 0 bridgehead atoms. The number of thiazole rings is 1. The number of nitrogens with zero attached hydrogens (tertiary/aromatic N) is 1. The van der Waals surface area contributed by atoms with E-state index in [1.165, 1.54) is 17.5 Å². The Bertz CT molecular complexity index is 529. The van der Waals surface area contributed by atoms with Gasteiger partial charge < -0.3 is 15.7 Å². The van der Waals surface area contributed by atoms with Gasteiger partial charge in [-0.3, -0.25) is 9.59 Å². The van der Waals surface area contributed by atoms with E-state index in [4.69, 9.17) is 5.11 Å². The number of hydrogen-bond acceptors (Lipinski definition) is 5. The van der Waals surface area contributed by atoms with E-state index >= 15 is 0 Å². The molecule has 0 radical (unpaired) electrons. The van der Waals surface area contributed by atoms with Crippen molar-refractivity contribution in [3.05, 3.63) is 11.1 Å². The maximum atomic E-state index is 11.7. The molecule has 94 valence electrons. The lowest BCUT2D eigenvalue weighted by atomic mass is 10.2. The molecule has 18 heavy (non-hydrogen) atoms. The molecule has 0 aliphatic carbocycles. The normalized spacial score (nSPS) is 17.8. The van der Waals surface area contributed by atoms with Crippen LogP contribution in [0, 0.1) is 11.8 Å². The Labute approximate surface area is 107 Å². The van der Waals surface area contributed by atoms with Crippen LogP contribution in [0.25, 0.3) is 0 Å². The second kappa shape index (κ2) is 5.62. The quantitative estimate of drug-likeness (QED) is 0.640. The summed E-state index contributed by atoms with van der Waals surface area (Å²) in [6.07, 6.45) is 2.41. The van der Waals surface area contributed by atoms with Gasteiger partial charge >= 0.3 is 0 Å². The van der Waals surface area contributed by atoms with Crippen LogP contribution in [0.3, 0.4) is 0 Å². The van der Waals surface area contributed by atoms with Crippen molar-refractivity contribution in [3.63, 3.8) is 0 Å². The van der Waals surface area contributed by atoms with Crippen molar-refractivity contribution >= 4 is 28.3 Å². The SMILES string of the molecule is O=C1CCC(C(=O)Nc2ncc(C#CCO)s2)N1. The molecule has 0 aromatic carbocycles. The first-order chi connectivity index (χ1) is 8.69. The van der Waals surface area contributed by atoms with Gasteiger partial charge in [0, 0.05) is 6.42 Å². The average molecular weight is 265 g/mol. The lowest BCUT2D eigenvalue weighted by molar-refractivity contribution is -0.122. The molecule has 7 heteroatoms. The lowest BCUT2D eigenvalue weighted by Crippen LogP contribution is -2.37. The largest absolute Gasteiger partial charge is 0.384 e. The molecule has 1 aromatic rings. The fourth-order valence-electron chi connectivity index (χ4n) is 1.52. The summed E-state index contributed by atoms with van der Waals surface area (Å²) in [5, 5.41) is 14.2. The number of amides is 2. The van der Waals surface area contributed by atoms with Gasteiger partial charge in [0.25, 0.3) is 0 Å². The zero-order valence-electron chi connectivity index (χ0n) is 9.40. The molecule has 0 saturated carbocycles. The number of hydrogen-bond donors (Lipinski definition) is 3. The molecule has 3 N–H and O–H groups in total. The van der Waals surface area contributed by atoms with Gasteiger partial charge in [-0.1, -0.05) is 23.2 Å². The van der Waals surface area contributed by atoms with Crippen molar-refractivity contribution in [2.75, 3.05) is 11.9 Å². The van der Waals surface area contributed by atoms with Gasteiger partial charge in [0.05, 0.1) is 11.1 Å². The molecule has 1 atom stereocenters. The molecule has 2 heterocycles. The summed E-state index contributed by atoms with van der Waals surface area (Å²) in [6, 6.07) is -0.478. The van der Waals surface area contributed by atoms with E-state index in [0.717, 1.165) is 0 Å². The maximum absolute atomic E-state index is 11.7. The van der Waals surface area contributed by atoms with E-state index in [2.05, 4.69) is 27.5 Å². The first kappa shape index (κ1) is 12.5. The van der Waals surface area contributed by atoms with Crippen molar-refractivity contribution in [2.24, 2.45) is 0 Å². The Morgan fingerprint density at radius 3 is 3.22 bits per heavy atom. The van der Waals surface area contributed by atoms with Crippen molar-refractivity contribution in [3.8, 4) is 11.8 Å². The number of carbonyl (C=O) groups is 2. The van der Waals surface area contributed by atoms with Crippen LogP contribution in [0.1, 0.15) is 17.7 Å². The van der Waals surface area contributed by atoms with Crippen LogP contribution in [0.4, 0.5) is 5.13 Å². The van der Waals surface area contributed by atoms with Gasteiger partial charge in [0.2, 0.25) is 11.8 Å². The Hall–Kier alpha value is -1.91. The summed E-state index contributed by atoms with van der Waals surface area (Å²) in [5.41, 5.74) is 0. The molecule has 1 aliphatic rings. The summed E-state index contributed by atoms with van der Waals surface area (Å²) in [4.78, 5) is 27.4. The van der Waals surface area contributed by atoms with Gasteiger partial charge in [-0.25, -0.2) is 4.98 Å². The molecule has 1 aromatic heterocycles. The highest BCUT2D eigenvalue weighted by Gasteiger charge is 2.27. The second-order valence-corrected chi connectivity index (χ2v) is 4.67. The summed E-state index contributed by atoms with van der Waals surface area (Å²) in [7, 11) is 0. The maximum Gasteiger partial charge on any atom is 0.248 e. The number of rotatable bonds is 2. The third kappa shape index (κ3) is 3.06. The monoisotopic (exact) mass is 265 g/mol. The van der Waals surface area contributed by atoms with Crippen molar-refractivity contribution in [2.45, 2.75) is 18.9 Å². The Balaban J connectivity index is 1.95. The van der Waals surface area contributed by atoms with Crippen LogP contribution in [0.5, 0.6) is 0 Å². The summed E-state index contributed by atoms with van der Waals surface area (Å²) >= 11 is 1.22. The Kier molecular flexibility index (Phi) is 3.92. The van der Waals surface area contributed by atoms with E-state index in [0.29, 0.717) is 22.9 Å². The standard InChI is InChI=1S/C11H11N3O3S/c15-5-1-2-7-6-12-11(18-7)14-10(17)8-3-4-9(16)13-8/h6,8,15H,3-5H2,(H,13,16)(H,12,14,17). The first-order valence-corrected chi connectivity index (χ1v) is 6.16. The fourth-order valence-corrected chi connectivity index (χ4v) is 2.21. The third-order valence-electron chi connectivity index (χ3n) is 2.34. The number of aliphatic hydroxyl groups is 1. The first-order valence-electron chi connectivity index (χ1n) is 5.35. The molecule has 6 nitrogen and oxygen atoms in total. The van der Waals surface area contributed by atoms with Crippen LogP contribution in [0.2, 0.25) is 0 Å². The van der Waals surface area contributed by atoms with Crippen LogP contribution >= 0.6 is 11.3 Å². The molecule has 1 fully saturated rings. The minimum atomic E-state index is -0.478. The molecular weight excluding hydrogens is 254 g/mol. The minimum Gasteiger partial charge on any atom is -0.384 e. The third-order valence-corrected chi connectivity index (χ3v) is 3.17. The number of aliphatic hydroxyl groups excluding tert-OH is 1. The van der Waals surface area contributed by atoms with Gasteiger partial charge in [0.15, 0.2) is 5.13 Å². The number of nitrogens with one attached hydrogen (secondary N) is 2. The molecule has 2 rings (SSSR count). The highest BCUT2D eigenvalue weighted by atomic mass is 32.1. The van der Waals surface area contributed by atoms with E-state index in [1.807, 2.05) is 0 Å². The van der Waals surface area contributed by atoms with E-state index in [9.17, 15) is 9.59 Å². The zero-order chi connectivity index (χ0) is 13.0. The minimum absolute atomic E-state index is 0.108. The van der Waals surface area contributed by atoms with Gasteiger partial charge in [-0.15, -0.1) is 0 Å². The Morgan fingerprint density at radius 2 is 2.56 bits per heavy atom. The Morgan fingerprint density at radius 1 is 1.72 bits per heavy atom. The summed E-state index contributed by atoms with van der Waals surface area (Å²) in [5.74, 6) is 4.82. The number of carbonyl (C=O) groups excluding carboxylic acids is 2. The smallest absolute Gasteiger partial charge is 0.248 e. The predicted molar refractivity (Wildman–Crippen MR) is 65.9 cm³/mol. The topological polar surface area (TPSA) is 91.3 Å². The average Bonchev–Trinajstić information content (AvgIpc) is 2.96. The van der Waals surface area contributed by atoms with E-state index in [-0.39, 0.29) is 18.4 Å². The van der Waals surface area contributed by atoms with E-state index < -0.39 is 6.04 Å². The zero-order valence-corrected chi connectivity index (χ0v) is 10.2. The lowest BCUT2D eigenvalue weighted by Gasteiger charge is -2.07. The van der Waals surface area contributed by atoms with Gasteiger partial charge in [-0.2, -0.15) is 0 Å². The van der Waals surface area contributed by atoms with Crippen LogP contribution in [-0.2, 0) is 9.59 Å². The second-order valence-electron chi connectivity index (χ2n) is 3.64. The predicted octanol–water partition coefficient (Wildman–Crippen LogP) is -0.296. The molecule has 1 unspecified atom stereocenters. The molecule has 1 aliphatic heterocycles. The highest BCUT2D eigenvalue weighted by Crippen LogP contribution is 2.18. The summed E-state index contributed by atoms with van der Waals surface area (Å²) < 4.78 is 0. The van der Waals surface area contributed by atoms with Crippen molar-refractivity contribution < 1.29 is 14.7 Å². The molecule has 1 saturated heterocycles. The van der Waals surface area contributed by atoms with Gasteiger partial charge in [-0.05, 0) is 6.42 Å². The van der Waals surface area contributed by atoms with Crippen LogP contribution < -0.4 is 10.6 Å². The van der Waals surface area contributed by atoms with Crippen molar-refractivity contribution in [1.29, 1.82) is 0 Å². The van der Waals surface area contributed by atoms with E-state index in [1.54, 1.807) is 0 Å². The van der Waals surface area contributed by atoms with Gasteiger partial charge in [0.1, 0.15) is 12.6 Å². The van der Waals surface area contributed by atoms with Crippen molar-refractivity contribution in [1.82, 2.24) is 10.3 Å². The van der Waals surface area contributed by atoms with Crippen LogP contribution in [-0.4, -0.2) is 34.6 Å². The molecular formula is C11H11N3O3S. The highest BCUT2D eigenvalue weighted by molar-refractivity contribution is 7.16. The molecule has 0 spiro atoms.